The molecule has 10 fully saturated rings. The van der Waals surface area contributed by atoms with Gasteiger partial charge in [-0.1, -0.05) is 89.5 Å². The summed E-state index contributed by atoms with van der Waals surface area (Å²) in [5.74, 6) is 4.09. The largest absolute Gasteiger partial charge is 0.438 e. The van der Waals surface area contributed by atoms with Crippen LogP contribution in [0.2, 0.25) is 0 Å². The topological polar surface area (TPSA) is 159 Å². The molecule has 452 valence electrons. The second-order valence-corrected chi connectivity index (χ2v) is 26.3. The summed E-state index contributed by atoms with van der Waals surface area (Å²) in [6, 6.07) is 0. The first-order chi connectivity index (χ1) is 34.5. The quantitative estimate of drug-likeness (QED) is 0.0463. The van der Waals surface area contributed by atoms with Crippen molar-refractivity contribution >= 4 is 29.7 Å². The molecule has 0 aliphatic heterocycles. The third-order valence-corrected chi connectivity index (χ3v) is 18.9. The number of ketones is 1. The van der Waals surface area contributed by atoms with Gasteiger partial charge in [0.15, 0.2) is 27.2 Å². The predicted octanol–water partition coefficient (Wildman–Crippen LogP) is 15.8. The number of hydrogen-bond donors (Lipinski definition) is 0. The Kier molecular flexibility index (Phi) is 30.8. The van der Waals surface area contributed by atoms with Crippen LogP contribution in [0.4, 0.5) is 0 Å². The van der Waals surface area contributed by atoms with Crippen molar-refractivity contribution in [2.75, 3.05) is 33.8 Å². The van der Waals surface area contributed by atoms with Crippen molar-refractivity contribution in [1.82, 2.24) is 0 Å². The molecule has 0 N–H and O–H groups in total. The summed E-state index contributed by atoms with van der Waals surface area (Å²) in [4.78, 5) is 59.4. The molecule has 77 heavy (non-hydrogen) atoms. The van der Waals surface area contributed by atoms with Crippen LogP contribution in [0.25, 0.3) is 0 Å². The van der Waals surface area contributed by atoms with Gasteiger partial charge in [0, 0.05) is 11.8 Å². The van der Waals surface area contributed by atoms with Crippen molar-refractivity contribution in [2.24, 2.45) is 68.5 Å². The highest BCUT2D eigenvalue weighted by Crippen LogP contribution is 2.60. The summed E-state index contributed by atoms with van der Waals surface area (Å²) in [7, 11) is 0. The van der Waals surface area contributed by atoms with E-state index in [9.17, 15) is 24.0 Å². The van der Waals surface area contributed by atoms with E-state index in [0.717, 1.165) is 101 Å². The summed E-state index contributed by atoms with van der Waals surface area (Å²) in [6.45, 7) is 24.3. The molecule has 13 heteroatoms. The van der Waals surface area contributed by atoms with Gasteiger partial charge < -0.3 is 37.9 Å². The molecule has 0 heterocycles. The number of carbonyl (C=O) groups excluding carboxylic acids is 5. The van der Waals surface area contributed by atoms with E-state index in [2.05, 4.69) is 0 Å². The summed E-state index contributed by atoms with van der Waals surface area (Å²) >= 11 is 0. The van der Waals surface area contributed by atoms with Gasteiger partial charge in [0.25, 0.3) is 0 Å². The molecule has 10 saturated carbocycles. The molecular weight excluding hydrogens is 977 g/mol. The number of ether oxygens (including phenoxy) is 8. The van der Waals surface area contributed by atoms with Gasteiger partial charge in [0.1, 0.15) is 5.78 Å². The second kappa shape index (κ2) is 32.7. The molecule has 0 aromatic rings. The van der Waals surface area contributed by atoms with Crippen molar-refractivity contribution in [3.63, 3.8) is 0 Å². The van der Waals surface area contributed by atoms with Gasteiger partial charge in [-0.2, -0.15) is 0 Å². The van der Waals surface area contributed by atoms with E-state index in [1.165, 1.54) is 77.0 Å². The maximum absolute atomic E-state index is 12.3. The first-order valence-electron chi connectivity index (χ1n) is 29.1. The lowest BCUT2D eigenvalue weighted by Crippen LogP contribution is -2.55. The second-order valence-electron chi connectivity index (χ2n) is 26.3. The number of carbonyl (C=O) groups is 5. The van der Waals surface area contributed by atoms with Crippen molar-refractivity contribution in [1.29, 1.82) is 0 Å². The standard InChI is InChI=1S/C18H30O3.C17H26O4.C13H24O3.C12H22O3.4CH4/c1-4-17(2,3)16(19)21-12-20-11-18-8-13-5-14(9-18)7-15(6-13)10-18;1-4-17(2,3)16(19)21-9-20-15-12-6-10-5-11(8-12)14(18)13(15)7-10;1-4-13(2,3)12(14)16-10-15-11-8-6-5-7-9-11;1-4-12(2,3)11(13)15-9-14-10-7-5-6-8-10;;;;/h13-15H,4-12H2,1-3H3;10-13,15H,4-9H2,1-3H3;11H,4-10H2,1-3H3;10H,4-9H2,1-3H3;4*1H4. The minimum atomic E-state index is -0.469. The fraction of sp³-hybridized carbons (Fsp3) is 0.922. The van der Waals surface area contributed by atoms with Gasteiger partial charge in [-0.05, 0) is 206 Å². The van der Waals surface area contributed by atoms with E-state index in [1.54, 1.807) is 0 Å². The molecule has 0 aromatic heterocycles. The third kappa shape index (κ3) is 21.0. The molecule has 10 aliphatic carbocycles. The highest BCUT2D eigenvalue weighted by Gasteiger charge is 2.54. The number of Topliss-reactive ketones (excluding diaryl/α,β-unsaturated/α-hetero) is 1. The van der Waals surface area contributed by atoms with Crippen molar-refractivity contribution < 1.29 is 61.9 Å². The molecule has 5 unspecified atom stereocenters. The molecule has 0 amide bonds. The van der Waals surface area contributed by atoms with E-state index in [1.807, 2.05) is 83.1 Å². The van der Waals surface area contributed by atoms with Crippen LogP contribution in [-0.4, -0.2) is 81.8 Å². The van der Waals surface area contributed by atoms with Crippen LogP contribution in [0.1, 0.15) is 260 Å². The molecule has 5 atom stereocenters. The van der Waals surface area contributed by atoms with Crippen LogP contribution >= 0.6 is 0 Å². The molecule has 10 rings (SSSR count). The van der Waals surface area contributed by atoms with Gasteiger partial charge in [-0.15, -0.1) is 0 Å². The zero-order valence-corrected chi connectivity index (χ0v) is 47.9. The van der Waals surface area contributed by atoms with Crippen molar-refractivity contribution in [3.05, 3.63) is 0 Å². The monoisotopic (exact) mass is 1090 g/mol. The first kappa shape index (κ1) is 72.4. The van der Waals surface area contributed by atoms with Crippen LogP contribution in [0, 0.1) is 68.5 Å². The summed E-state index contributed by atoms with van der Waals surface area (Å²) in [5.41, 5.74) is -1.25. The average molecular weight is 1100 g/mol. The lowest BCUT2D eigenvalue weighted by molar-refractivity contribution is -0.193. The minimum Gasteiger partial charge on any atom is -0.438 e. The van der Waals surface area contributed by atoms with Gasteiger partial charge in [-0.3, -0.25) is 24.0 Å². The fourth-order valence-electron chi connectivity index (χ4n) is 12.8. The van der Waals surface area contributed by atoms with E-state index in [4.69, 9.17) is 37.9 Å². The Balaban J connectivity index is 0.000000510. The lowest BCUT2D eigenvalue weighted by Gasteiger charge is -2.56. The minimum absolute atomic E-state index is 0. The highest BCUT2D eigenvalue weighted by atomic mass is 16.7. The summed E-state index contributed by atoms with van der Waals surface area (Å²) < 4.78 is 43.4. The molecule has 0 aromatic carbocycles. The Hall–Kier alpha value is -2.61. The fourth-order valence-corrected chi connectivity index (χ4v) is 12.8. The van der Waals surface area contributed by atoms with Crippen molar-refractivity contribution in [3.8, 4) is 0 Å². The van der Waals surface area contributed by atoms with Crippen LogP contribution in [-0.2, 0) is 61.9 Å². The van der Waals surface area contributed by atoms with Gasteiger partial charge in [-0.25, -0.2) is 0 Å². The Morgan fingerprint density at radius 1 is 0.455 bits per heavy atom. The molecule has 0 radical (unpaired) electrons. The smallest absolute Gasteiger partial charge is 0.313 e. The Morgan fingerprint density at radius 3 is 1.21 bits per heavy atom. The SMILES string of the molecule is C.C.C.C.CCC(C)(C)C(=O)OCOC1C2CC3CC(C2)C(=O)C1C3.CCC(C)(C)C(=O)OCOC1CCCC1.CCC(C)(C)C(=O)OCOC1CCCCC1.CCC(C)(C)C(=O)OCOCC12CC3CC(CC(C3)C1)C2. The molecule has 0 spiro atoms. The lowest BCUT2D eigenvalue weighted by atomic mass is 9.50. The maximum atomic E-state index is 12.3. The van der Waals surface area contributed by atoms with Crippen molar-refractivity contribution in [2.45, 2.75) is 279 Å². The average Bonchev–Trinajstić information content (AvgIpc) is 3.89. The van der Waals surface area contributed by atoms with E-state index in [0.29, 0.717) is 29.3 Å². The normalized spacial score (nSPS) is 28.0. The summed E-state index contributed by atoms with van der Waals surface area (Å²) in [6.07, 6.45) is 27.0. The van der Waals surface area contributed by atoms with E-state index < -0.39 is 16.2 Å². The van der Waals surface area contributed by atoms with Gasteiger partial charge >= 0.3 is 23.9 Å². The maximum Gasteiger partial charge on any atom is 0.313 e. The number of esters is 4. The predicted molar refractivity (Wildman–Crippen MR) is 307 cm³/mol. The summed E-state index contributed by atoms with van der Waals surface area (Å²) in [5, 5.41) is 0. The zero-order chi connectivity index (χ0) is 53.6. The van der Waals surface area contributed by atoms with Crippen LogP contribution < -0.4 is 0 Å². The van der Waals surface area contributed by atoms with Gasteiger partial charge in [0.05, 0.1) is 46.6 Å². The molecular formula is C64H118O13. The zero-order valence-electron chi connectivity index (χ0n) is 47.9. The Morgan fingerprint density at radius 2 is 0.818 bits per heavy atom. The van der Waals surface area contributed by atoms with Crippen LogP contribution in [0.5, 0.6) is 0 Å². The molecule has 10 aliphatic rings. The van der Waals surface area contributed by atoms with Gasteiger partial charge in [0.2, 0.25) is 0 Å². The molecule has 0 saturated heterocycles. The molecule has 13 nitrogen and oxygen atoms in total. The van der Waals surface area contributed by atoms with E-state index in [-0.39, 0.29) is 104 Å². The van der Waals surface area contributed by atoms with Crippen LogP contribution in [0.3, 0.4) is 0 Å². The first-order valence-corrected chi connectivity index (χ1v) is 29.1. The van der Waals surface area contributed by atoms with Crippen LogP contribution in [0.15, 0.2) is 0 Å². The highest BCUT2D eigenvalue weighted by molar-refractivity contribution is 5.86. The third-order valence-electron chi connectivity index (χ3n) is 18.9. The number of hydrogen-bond acceptors (Lipinski definition) is 13. The molecule has 8 bridgehead atoms. The Bertz CT molecular complexity index is 1720. The number of rotatable bonds is 21. The van der Waals surface area contributed by atoms with E-state index >= 15 is 0 Å². The Labute approximate surface area is 470 Å².